The van der Waals surface area contributed by atoms with Gasteiger partial charge in [-0.15, -0.1) is 0 Å². The fraction of sp³-hybridized carbons (Fsp3) is 0.500. The number of hydrogen-bond donors (Lipinski definition) is 1. The molecule has 2 aromatic rings. The average Bonchev–Trinajstić information content (AvgIpc) is 2.99. The molecule has 21 heavy (non-hydrogen) atoms. The number of nitrogens with zero attached hydrogens (tertiary/aromatic N) is 2. The molecule has 1 aliphatic carbocycles. The highest BCUT2D eigenvalue weighted by Gasteiger charge is 2.30. The molecule has 0 bridgehead atoms. The van der Waals surface area contributed by atoms with E-state index in [1.54, 1.807) is 7.11 Å². The number of ether oxygens (including phenoxy) is 1. The SMILES string of the molecule is COC(c1ccccc1)c1noc(C2CCCCC2N)n1. The third-order valence-electron chi connectivity index (χ3n) is 4.17. The first-order chi connectivity index (χ1) is 10.3. The van der Waals surface area contributed by atoms with Crippen molar-refractivity contribution < 1.29 is 9.26 Å². The summed E-state index contributed by atoms with van der Waals surface area (Å²) in [7, 11) is 1.65. The van der Waals surface area contributed by atoms with Gasteiger partial charge in [0.15, 0.2) is 0 Å². The maximum absolute atomic E-state index is 6.18. The Morgan fingerprint density at radius 3 is 2.71 bits per heavy atom. The highest BCUT2D eigenvalue weighted by molar-refractivity contribution is 5.22. The summed E-state index contributed by atoms with van der Waals surface area (Å²) in [5.41, 5.74) is 7.20. The van der Waals surface area contributed by atoms with Gasteiger partial charge >= 0.3 is 0 Å². The summed E-state index contributed by atoms with van der Waals surface area (Å²) in [4.78, 5) is 4.55. The fourth-order valence-corrected chi connectivity index (χ4v) is 2.99. The Bertz CT molecular complexity index is 570. The Balaban J connectivity index is 1.83. The third-order valence-corrected chi connectivity index (χ3v) is 4.17. The van der Waals surface area contributed by atoms with Crippen molar-refractivity contribution in [2.45, 2.75) is 43.7 Å². The van der Waals surface area contributed by atoms with Crippen molar-refractivity contribution in [3.63, 3.8) is 0 Å². The van der Waals surface area contributed by atoms with Crippen LogP contribution in [0.1, 0.15) is 55.0 Å². The summed E-state index contributed by atoms with van der Waals surface area (Å²) in [5.74, 6) is 1.39. The van der Waals surface area contributed by atoms with Gasteiger partial charge in [-0.2, -0.15) is 4.98 Å². The quantitative estimate of drug-likeness (QED) is 0.936. The van der Waals surface area contributed by atoms with Crippen molar-refractivity contribution in [2.75, 3.05) is 7.11 Å². The lowest BCUT2D eigenvalue weighted by atomic mass is 9.85. The van der Waals surface area contributed by atoms with Crippen LogP contribution in [0.4, 0.5) is 0 Å². The Labute approximate surface area is 124 Å². The third kappa shape index (κ3) is 2.99. The molecule has 3 rings (SSSR count). The zero-order chi connectivity index (χ0) is 14.7. The van der Waals surface area contributed by atoms with Crippen LogP contribution in [0, 0.1) is 0 Å². The molecule has 0 saturated heterocycles. The minimum Gasteiger partial charge on any atom is -0.369 e. The van der Waals surface area contributed by atoms with Gasteiger partial charge in [0, 0.05) is 13.2 Å². The zero-order valence-corrected chi connectivity index (χ0v) is 12.2. The van der Waals surface area contributed by atoms with Gasteiger partial charge < -0.3 is 15.0 Å². The maximum Gasteiger partial charge on any atom is 0.231 e. The van der Waals surface area contributed by atoms with Crippen molar-refractivity contribution in [1.82, 2.24) is 10.1 Å². The van der Waals surface area contributed by atoms with E-state index in [0.717, 1.165) is 18.4 Å². The van der Waals surface area contributed by atoms with Crippen molar-refractivity contribution in [3.8, 4) is 0 Å². The molecule has 5 heteroatoms. The highest BCUT2D eigenvalue weighted by Crippen LogP contribution is 2.32. The average molecular weight is 287 g/mol. The molecule has 5 nitrogen and oxygen atoms in total. The number of hydrogen-bond acceptors (Lipinski definition) is 5. The van der Waals surface area contributed by atoms with Crippen molar-refractivity contribution in [2.24, 2.45) is 5.73 Å². The Kier molecular flexibility index (Phi) is 4.31. The lowest BCUT2D eigenvalue weighted by Crippen LogP contribution is -2.31. The Hall–Kier alpha value is -1.72. The van der Waals surface area contributed by atoms with Gasteiger partial charge in [-0.3, -0.25) is 0 Å². The molecule has 1 aromatic carbocycles. The van der Waals surface area contributed by atoms with Crippen LogP contribution in [-0.2, 0) is 4.74 Å². The van der Waals surface area contributed by atoms with Gasteiger partial charge in [0.25, 0.3) is 0 Å². The zero-order valence-electron chi connectivity index (χ0n) is 12.2. The first-order valence-electron chi connectivity index (χ1n) is 7.46. The fourth-order valence-electron chi connectivity index (χ4n) is 2.99. The first-order valence-corrected chi connectivity index (χ1v) is 7.46. The van der Waals surface area contributed by atoms with E-state index in [4.69, 9.17) is 15.0 Å². The molecular weight excluding hydrogens is 266 g/mol. The topological polar surface area (TPSA) is 74.2 Å². The molecule has 0 radical (unpaired) electrons. The molecule has 0 spiro atoms. The predicted octanol–water partition coefficient (Wildman–Crippen LogP) is 2.79. The predicted molar refractivity (Wildman–Crippen MR) is 78.8 cm³/mol. The summed E-state index contributed by atoms with van der Waals surface area (Å²) in [6.07, 6.45) is 4.09. The van der Waals surface area contributed by atoms with Crippen LogP contribution in [0.25, 0.3) is 0 Å². The molecule has 3 atom stereocenters. The van der Waals surface area contributed by atoms with E-state index in [-0.39, 0.29) is 18.1 Å². The molecule has 3 unspecified atom stereocenters. The van der Waals surface area contributed by atoms with Crippen molar-refractivity contribution in [3.05, 3.63) is 47.6 Å². The molecular formula is C16H21N3O2. The smallest absolute Gasteiger partial charge is 0.231 e. The van der Waals surface area contributed by atoms with E-state index < -0.39 is 0 Å². The number of benzene rings is 1. The second kappa shape index (κ2) is 6.37. The van der Waals surface area contributed by atoms with E-state index in [2.05, 4.69) is 10.1 Å². The molecule has 0 aliphatic heterocycles. The van der Waals surface area contributed by atoms with Crippen molar-refractivity contribution in [1.29, 1.82) is 0 Å². The standard InChI is InChI=1S/C16H21N3O2/c1-20-14(11-7-3-2-4-8-11)15-18-16(21-19-15)12-9-5-6-10-13(12)17/h2-4,7-8,12-14H,5-6,9-10,17H2,1H3. The van der Waals surface area contributed by atoms with Crippen LogP contribution in [0.3, 0.4) is 0 Å². The number of nitrogens with two attached hydrogens (primary N) is 1. The second-order valence-corrected chi connectivity index (χ2v) is 5.57. The highest BCUT2D eigenvalue weighted by atomic mass is 16.5. The summed E-state index contributed by atoms with van der Waals surface area (Å²) < 4.78 is 11.0. The molecule has 1 aromatic heterocycles. The van der Waals surface area contributed by atoms with E-state index in [1.807, 2.05) is 30.3 Å². The van der Waals surface area contributed by atoms with Gasteiger partial charge in [-0.25, -0.2) is 0 Å². The Morgan fingerprint density at radius 2 is 2.00 bits per heavy atom. The van der Waals surface area contributed by atoms with Gasteiger partial charge in [0.1, 0.15) is 6.10 Å². The molecule has 1 fully saturated rings. The maximum atomic E-state index is 6.18. The minimum atomic E-state index is -0.302. The van der Waals surface area contributed by atoms with Crippen LogP contribution < -0.4 is 5.73 Å². The summed E-state index contributed by atoms with van der Waals surface area (Å²) in [5, 5.41) is 4.11. The first kappa shape index (κ1) is 14.2. The monoisotopic (exact) mass is 287 g/mol. The van der Waals surface area contributed by atoms with Crippen LogP contribution >= 0.6 is 0 Å². The summed E-state index contributed by atoms with van der Waals surface area (Å²) in [6.45, 7) is 0. The Morgan fingerprint density at radius 1 is 1.24 bits per heavy atom. The second-order valence-electron chi connectivity index (χ2n) is 5.57. The van der Waals surface area contributed by atoms with Gasteiger partial charge in [-0.1, -0.05) is 48.3 Å². The van der Waals surface area contributed by atoms with Gasteiger partial charge in [0.2, 0.25) is 11.7 Å². The molecule has 1 saturated carbocycles. The summed E-state index contributed by atoms with van der Waals surface area (Å²) >= 11 is 0. The van der Waals surface area contributed by atoms with Crippen LogP contribution in [0.5, 0.6) is 0 Å². The van der Waals surface area contributed by atoms with Crippen molar-refractivity contribution >= 4 is 0 Å². The molecule has 2 N–H and O–H groups in total. The van der Waals surface area contributed by atoms with Crippen LogP contribution in [0.2, 0.25) is 0 Å². The number of methoxy groups -OCH3 is 1. The molecule has 112 valence electrons. The normalized spacial score (nSPS) is 23.9. The number of rotatable bonds is 4. The van der Waals surface area contributed by atoms with E-state index in [1.165, 1.54) is 12.8 Å². The van der Waals surface area contributed by atoms with E-state index >= 15 is 0 Å². The minimum absolute atomic E-state index is 0.116. The molecule has 0 amide bonds. The number of aromatic nitrogens is 2. The van der Waals surface area contributed by atoms with Gasteiger partial charge in [0.05, 0.1) is 5.92 Å². The lowest BCUT2D eigenvalue weighted by Gasteiger charge is -2.25. The van der Waals surface area contributed by atoms with Crippen LogP contribution in [0.15, 0.2) is 34.9 Å². The van der Waals surface area contributed by atoms with E-state index in [0.29, 0.717) is 11.7 Å². The lowest BCUT2D eigenvalue weighted by molar-refractivity contribution is 0.126. The van der Waals surface area contributed by atoms with Gasteiger partial charge in [-0.05, 0) is 18.4 Å². The largest absolute Gasteiger partial charge is 0.369 e. The summed E-state index contributed by atoms with van der Waals surface area (Å²) in [6, 6.07) is 10.0. The molecule has 1 heterocycles. The van der Waals surface area contributed by atoms with E-state index in [9.17, 15) is 0 Å². The van der Waals surface area contributed by atoms with Crippen LogP contribution in [-0.4, -0.2) is 23.3 Å². The molecule has 1 aliphatic rings.